The maximum atomic E-state index is 6.81. The van der Waals surface area contributed by atoms with Gasteiger partial charge in [0.25, 0.3) is 0 Å². The van der Waals surface area contributed by atoms with Gasteiger partial charge in [-0.3, -0.25) is 4.40 Å². The van der Waals surface area contributed by atoms with Crippen molar-refractivity contribution in [2.75, 3.05) is 0 Å². The molecule has 0 fully saturated rings. The van der Waals surface area contributed by atoms with Crippen molar-refractivity contribution in [3.05, 3.63) is 158 Å². The van der Waals surface area contributed by atoms with Gasteiger partial charge in [-0.25, -0.2) is 4.98 Å². The first-order chi connectivity index (χ1) is 26.3. The van der Waals surface area contributed by atoms with Gasteiger partial charge in [-0.2, -0.15) is 0 Å². The standard InChI is InChI=1S/C47H26N4O2/c1-6-16-36-29(11-1)30-12-2-7-17-37(30)49(36)27-21-23-38-34(26-27)43-45(50(38)28-22-24-42-33(25-28)31-13-3-9-19-40(31)52-42)44-32-14-4-10-20-41(32)53-47(44)51-39-18-8-5-15-35(39)48-46(43)51/h1-26H. The molecule has 7 aromatic carbocycles. The first-order valence-corrected chi connectivity index (χ1v) is 17.9. The van der Waals surface area contributed by atoms with E-state index in [0.29, 0.717) is 0 Å². The Bertz CT molecular complexity index is 3650. The summed E-state index contributed by atoms with van der Waals surface area (Å²) in [6, 6.07) is 55.7. The first kappa shape index (κ1) is 27.4. The molecular weight excluding hydrogens is 653 g/mol. The molecule has 6 heterocycles. The van der Waals surface area contributed by atoms with Crippen molar-refractivity contribution in [1.29, 1.82) is 0 Å². The molecule has 246 valence electrons. The molecule has 0 aliphatic rings. The van der Waals surface area contributed by atoms with Crippen molar-refractivity contribution in [2.45, 2.75) is 0 Å². The zero-order valence-corrected chi connectivity index (χ0v) is 28.1. The fourth-order valence-electron chi connectivity index (χ4n) is 9.02. The molecule has 0 aliphatic carbocycles. The van der Waals surface area contributed by atoms with Crippen LogP contribution in [0.4, 0.5) is 0 Å². The average molecular weight is 679 g/mol. The van der Waals surface area contributed by atoms with Gasteiger partial charge < -0.3 is 18.0 Å². The van der Waals surface area contributed by atoms with E-state index in [9.17, 15) is 0 Å². The van der Waals surface area contributed by atoms with Crippen molar-refractivity contribution < 1.29 is 8.83 Å². The fraction of sp³-hybridized carbons (Fsp3) is 0. The van der Waals surface area contributed by atoms with Crippen molar-refractivity contribution in [3.8, 4) is 11.4 Å². The summed E-state index contributed by atoms with van der Waals surface area (Å²) < 4.78 is 20.1. The molecule has 6 aromatic heterocycles. The van der Waals surface area contributed by atoms with Gasteiger partial charge in [0.15, 0.2) is 5.65 Å². The van der Waals surface area contributed by atoms with E-state index < -0.39 is 0 Å². The SMILES string of the molecule is c1ccc2c(c1)nc1c3c4cc(-n5c6ccccc6c6ccccc65)ccc4n(-c4ccc5oc6ccccc6c5c4)c3c3c4ccccc4oc3n21. The maximum Gasteiger partial charge on any atom is 0.216 e. The summed E-state index contributed by atoms with van der Waals surface area (Å²) in [4.78, 5) is 5.36. The van der Waals surface area contributed by atoms with Gasteiger partial charge in [-0.05, 0) is 72.8 Å². The predicted octanol–water partition coefficient (Wildman–Crippen LogP) is 12.5. The second-order valence-electron chi connectivity index (χ2n) is 13.9. The number of hydrogen-bond donors (Lipinski definition) is 0. The maximum absolute atomic E-state index is 6.81. The quantitative estimate of drug-likeness (QED) is 0.183. The highest BCUT2D eigenvalue weighted by atomic mass is 16.3. The third kappa shape index (κ3) is 3.45. The molecule has 0 aliphatic heterocycles. The van der Waals surface area contributed by atoms with Gasteiger partial charge in [0.1, 0.15) is 16.7 Å². The van der Waals surface area contributed by atoms with Crippen LogP contribution in [0.15, 0.2) is 167 Å². The number of nitrogens with zero attached hydrogens (tertiary/aromatic N) is 4. The van der Waals surface area contributed by atoms with E-state index in [1.165, 1.54) is 21.8 Å². The number of pyridine rings is 1. The Morgan fingerprint density at radius 2 is 0.962 bits per heavy atom. The number of imidazole rings is 1. The molecule has 0 unspecified atom stereocenters. The summed E-state index contributed by atoms with van der Waals surface area (Å²) in [5.74, 6) is 0. The molecular formula is C47H26N4O2. The molecule has 6 nitrogen and oxygen atoms in total. The Morgan fingerprint density at radius 1 is 0.396 bits per heavy atom. The van der Waals surface area contributed by atoms with E-state index in [-0.39, 0.29) is 0 Å². The summed E-state index contributed by atoms with van der Waals surface area (Å²) >= 11 is 0. The van der Waals surface area contributed by atoms with Crippen molar-refractivity contribution in [2.24, 2.45) is 0 Å². The number of furan rings is 2. The van der Waals surface area contributed by atoms with Gasteiger partial charge >= 0.3 is 0 Å². The van der Waals surface area contributed by atoms with Crippen LogP contribution in [0.25, 0.3) is 116 Å². The lowest BCUT2D eigenvalue weighted by atomic mass is 10.1. The second kappa shape index (κ2) is 9.72. The Kier molecular flexibility index (Phi) is 5.03. The van der Waals surface area contributed by atoms with Crippen LogP contribution in [0.2, 0.25) is 0 Å². The molecule has 13 rings (SSSR count). The van der Waals surface area contributed by atoms with Crippen LogP contribution in [0, 0.1) is 0 Å². The molecule has 0 atom stereocenters. The topological polar surface area (TPSA) is 53.4 Å². The highest BCUT2D eigenvalue weighted by Gasteiger charge is 2.26. The number of aromatic nitrogens is 4. The van der Waals surface area contributed by atoms with E-state index in [4.69, 9.17) is 13.8 Å². The normalized spacial score (nSPS) is 12.5. The molecule has 0 saturated carbocycles. The third-order valence-corrected chi connectivity index (χ3v) is 11.2. The van der Waals surface area contributed by atoms with Crippen molar-refractivity contribution in [3.63, 3.8) is 0 Å². The van der Waals surface area contributed by atoms with E-state index >= 15 is 0 Å². The molecule has 0 amide bonds. The summed E-state index contributed by atoms with van der Waals surface area (Å²) in [7, 11) is 0. The van der Waals surface area contributed by atoms with Crippen molar-refractivity contribution >= 4 is 104 Å². The van der Waals surface area contributed by atoms with Crippen LogP contribution in [0.5, 0.6) is 0 Å². The number of hydrogen-bond acceptors (Lipinski definition) is 3. The number of benzene rings is 7. The van der Waals surface area contributed by atoms with Crippen molar-refractivity contribution in [1.82, 2.24) is 18.5 Å². The van der Waals surface area contributed by atoms with Crippen LogP contribution in [-0.4, -0.2) is 18.5 Å². The molecule has 0 saturated heterocycles. The molecule has 0 radical (unpaired) electrons. The third-order valence-electron chi connectivity index (χ3n) is 11.2. The minimum atomic E-state index is 0.781. The van der Waals surface area contributed by atoms with Gasteiger partial charge in [0.2, 0.25) is 5.71 Å². The van der Waals surface area contributed by atoms with Crippen LogP contribution in [-0.2, 0) is 0 Å². The largest absolute Gasteiger partial charge is 0.456 e. The minimum absolute atomic E-state index is 0.781. The smallest absolute Gasteiger partial charge is 0.216 e. The lowest BCUT2D eigenvalue weighted by Gasteiger charge is -2.11. The molecule has 53 heavy (non-hydrogen) atoms. The van der Waals surface area contributed by atoms with Crippen LogP contribution in [0.1, 0.15) is 0 Å². The molecule has 0 bridgehead atoms. The summed E-state index contributed by atoms with van der Waals surface area (Å²) in [6.07, 6.45) is 0. The van der Waals surface area contributed by atoms with Gasteiger partial charge in [-0.15, -0.1) is 0 Å². The van der Waals surface area contributed by atoms with Crippen LogP contribution >= 0.6 is 0 Å². The van der Waals surface area contributed by atoms with E-state index in [1.807, 2.05) is 18.2 Å². The zero-order valence-electron chi connectivity index (χ0n) is 28.1. The summed E-state index contributed by atoms with van der Waals surface area (Å²) in [5.41, 5.74) is 12.8. The summed E-state index contributed by atoms with van der Waals surface area (Å²) in [6.45, 7) is 0. The first-order valence-electron chi connectivity index (χ1n) is 17.9. The lowest BCUT2D eigenvalue weighted by molar-refractivity contribution is 0.650. The highest BCUT2D eigenvalue weighted by molar-refractivity contribution is 6.29. The monoisotopic (exact) mass is 678 g/mol. The Hall–Kier alpha value is -7.31. The van der Waals surface area contributed by atoms with Crippen LogP contribution in [0.3, 0.4) is 0 Å². The summed E-state index contributed by atoms with van der Waals surface area (Å²) in [5, 5.41) is 8.96. The Morgan fingerprint density at radius 3 is 1.75 bits per heavy atom. The van der Waals surface area contributed by atoms with Gasteiger partial charge in [0.05, 0.1) is 43.9 Å². The highest BCUT2D eigenvalue weighted by Crippen LogP contribution is 2.45. The minimum Gasteiger partial charge on any atom is -0.456 e. The number of fused-ring (bicyclic) bond motifs is 18. The van der Waals surface area contributed by atoms with E-state index in [0.717, 1.165) is 93.9 Å². The second-order valence-corrected chi connectivity index (χ2v) is 13.9. The molecule has 0 spiro atoms. The zero-order chi connectivity index (χ0) is 34.4. The fourth-order valence-corrected chi connectivity index (χ4v) is 9.02. The predicted molar refractivity (Wildman–Crippen MR) is 216 cm³/mol. The molecule has 6 heteroatoms. The van der Waals surface area contributed by atoms with Gasteiger partial charge in [0, 0.05) is 43.7 Å². The van der Waals surface area contributed by atoms with Crippen LogP contribution < -0.4 is 0 Å². The van der Waals surface area contributed by atoms with Gasteiger partial charge in [-0.1, -0.05) is 84.9 Å². The molecule has 0 N–H and O–H groups in total. The molecule has 13 aromatic rings. The van der Waals surface area contributed by atoms with E-state index in [1.54, 1.807) is 0 Å². The number of rotatable bonds is 2. The Balaban J connectivity index is 1.27. The van der Waals surface area contributed by atoms with E-state index in [2.05, 4.69) is 153 Å². The lowest BCUT2D eigenvalue weighted by Crippen LogP contribution is -1.96. The number of para-hydroxylation sites is 6. The Labute approximate surface area is 299 Å². The average Bonchev–Trinajstić information content (AvgIpc) is 4.01.